The number of aromatic nitrogens is 3. The Morgan fingerprint density at radius 3 is 2.88 bits per heavy atom. The molecule has 17 heavy (non-hydrogen) atoms. The zero-order valence-corrected chi connectivity index (χ0v) is 9.08. The first kappa shape index (κ1) is 11.1. The van der Waals surface area contributed by atoms with E-state index in [1.807, 2.05) is 0 Å². The smallest absolute Gasteiger partial charge is 0.361 e. The predicted octanol–water partition coefficient (Wildman–Crippen LogP) is 0.712. The van der Waals surface area contributed by atoms with Gasteiger partial charge in [-0.3, -0.25) is 0 Å². The molecule has 0 fully saturated rings. The number of rotatable bonds is 3. The summed E-state index contributed by atoms with van der Waals surface area (Å²) in [5.74, 6) is -0.158. The molecule has 0 aromatic carbocycles. The zero-order chi connectivity index (χ0) is 12.3. The molecule has 0 saturated carbocycles. The fraction of sp³-hybridized carbons (Fsp3) is 0.200. The van der Waals surface area contributed by atoms with E-state index in [4.69, 9.17) is 15.0 Å². The maximum atomic E-state index is 11.6. The summed E-state index contributed by atoms with van der Waals surface area (Å²) in [7, 11) is 0. The molecular formula is C10H10N4O3. The number of aryl methyl sites for hydroxylation is 1. The number of carbonyl (C=O) groups excluding carboxylic acids is 1. The first-order valence-electron chi connectivity index (χ1n) is 4.82. The van der Waals surface area contributed by atoms with Crippen molar-refractivity contribution in [2.75, 3.05) is 5.73 Å². The highest BCUT2D eigenvalue weighted by atomic mass is 16.5. The Morgan fingerprint density at radius 2 is 2.24 bits per heavy atom. The van der Waals surface area contributed by atoms with Crippen molar-refractivity contribution in [3.8, 4) is 0 Å². The summed E-state index contributed by atoms with van der Waals surface area (Å²) < 4.78 is 9.84. The van der Waals surface area contributed by atoms with Gasteiger partial charge in [-0.25, -0.2) is 14.8 Å². The highest BCUT2D eigenvalue weighted by molar-refractivity contribution is 5.91. The second-order valence-corrected chi connectivity index (χ2v) is 3.30. The lowest BCUT2D eigenvalue weighted by atomic mass is 10.4. The number of hydrogen-bond donors (Lipinski definition) is 1. The summed E-state index contributed by atoms with van der Waals surface area (Å²) in [5.41, 5.74) is 6.19. The minimum absolute atomic E-state index is 0.0104. The van der Waals surface area contributed by atoms with Crippen LogP contribution in [0.5, 0.6) is 0 Å². The van der Waals surface area contributed by atoms with E-state index in [1.165, 1.54) is 12.4 Å². The Morgan fingerprint density at radius 1 is 1.47 bits per heavy atom. The fourth-order valence-corrected chi connectivity index (χ4v) is 1.20. The highest BCUT2D eigenvalue weighted by Gasteiger charge is 2.14. The monoisotopic (exact) mass is 234 g/mol. The van der Waals surface area contributed by atoms with Gasteiger partial charge in [0, 0.05) is 18.5 Å². The Labute approximate surface area is 96.6 Å². The lowest BCUT2D eigenvalue weighted by molar-refractivity contribution is 0.0431. The van der Waals surface area contributed by atoms with Crippen LogP contribution in [-0.2, 0) is 11.3 Å². The normalized spacial score (nSPS) is 10.2. The Balaban J connectivity index is 2.01. The molecular weight excluding hydrogens is 224 g/mol. The van der Waals surface area contributed by atoms with Crippen LogP contribution in [-0.4, -0.2) is 21.1 Å². The molecule has 0 radical (unpaired) electrons. The van der Waals surface area contributed by atoms with E-state index in [-0.39, 0.29) is 18.1 Å². The second-order valence-electron chi connectivity index (χ2n) is 3.30. The van der Waals surface area contributed by atoms with E-state index in [0.29, 0.717) is 5.76 Å². The lowest BCUT2D eigenvalue weighted by Gasteiger charge is -2.02. The topological polar surface area (TPSA) is 104 Å². The summed E-state index contributed by atoms with van der Waals surface area (Å²) in [6, 6.07) is 1.67. The quantitative estimate of drug-likeness (QED) is 0.780. The third-order valence-corrected chi connectivity index (χ3v) is 1.94. The molecule has 2 heterocycles. The molecule has 0 amide bonds. The van der Waals surface area contributed by atoms with E-state index in [1.54, 1.807) is 13.0 Å². The van der Waals surface area contributed by atoms with Gasteiger partial charge in [0.2, 0.25) is 0 Å². The standard InChI is InChI=1S/C10H10N4O3/c1-6-4-7(17-14-6)5-16-10(15)8-9(11)13-3-2-12-8/h2-4H,5H2,1H3,(H2,11,13). The van der Waals surface area contributed by atoms with Crippen LogP contribution in [0.2, 0.25) is 0 Å². The van der Waals surface area contributed by atoms with Gasteiger partial charge in [0.25, 0.3) is 0 Å². The van der Waals surface area contributed by atoms with Gasteiger partial charge in [-0.2, -0.15) is 0 Å². The molecule has 2 aromatic heterocycles. The van der Waals surface area contributed by atoms with Crippen LogP contribution >= 0.6 is 0 Å². The van der Waals surface area contributed by atoms with Gasteiger partial charge in [0.1, 0.15) is 0 Å². The summed E-state index contributed by atoms with van der Waals surface area (Å²) in [6.45, 7) is 1.76. The van der Waals surface area contributed by atoms with Gasteiger partial charge in [0.15, 0.2) is 23.9 Å². The van der Waals surface area contributed by atoms with Crippen molar-refractivity contribution in [3.05, 3.63) is 35.6 Å². The van der Waals surface area contributed by atoms with Gasteiger partial charge < -0.3 is 15.0 Å². The minimum atomic E-state index is -0.648. The van der Waals surface area contributed by atoms with Gasteiger partial charge >= 0.3 is 5.97 Å². The molecule has 2 N–H and O–H groups in total. The maximum absolute atomic E-state index is 11.6. The van der Waals surface area contributed by atoms with Crippen molar-refractivity contribution in [2.24, 2.45) is 0 Å². The number of carbonyl (C=O) groups is 1. The van der Waals surface area contributed by atoms with Crippen LogP contribution < -0.4 is 5.73 Å². The Kier molecular flexibility index (Phi) is 2.99. The molecule has 7 nitrogen and oxygen atoms in total. The number of nitrogens with zero attached hydrogens (tertiary/aromatic N) is 3. The third kappa shape index (κ3) is 2.57. The van der Waals surface area contributed by atoms with Crippen LogP contribution in [0.1, 0.15) is 21.9 Å². The molecule has 0 atom stereocenters. The van der Waals surface area contributed by atoms with E-state index in [0.717, 1.165) is 5.69 Å². The Hall–Kier alpha value is -2.44. The maximum Gasteiger partial charge on any atom is 0.361 e. The largest absolute Gasteiger partial charge is 0.453 e. The molecule has 0 bridgehead atoms. The number of hydrogen-bond acceptors (Lipinski definition) is 7. The number of nitrogens with two attached hydrogens (primary N) is 1. The van der Waals surface area contributed by atoms with E-state index in [2.05, 4.69) is 15.1 Å². The van der Waals surface area contributed by atoms with Crippen LogP contribution in [0, 0.1) is 6.92 Å². The minimum Gasteiger partial charge on any atom is -0.453 e. The summed E-state index contributed by atoms with van der Waals surface area (Å²) in [4.78, 5) is 19.1. The first-order valence-corrected chi connectivity index (χ1v) is 4.82. The lowest BCUT2D eigenvalue weighted by Crippen LogP contribution is -2.11. The van der Waals surface area contributed by atoms with Crippen LogP contribution in [0.3, 0.4) is 0 Å². The Bertz CT molecular complexity index is 538. The first-order chi connectivity index (χ1) is 8.16. The number of anilines is 1. The van der Waals surface area contributed by atoms with Crippen molar-refractivity contribution < 1.29 is 14.1 Å². The molecule has 0 aliphatic carbocycles. The molecule has 2 rings (SSSR count). The van der Waals surface area contributed by atoms with Gasteiger partial charge in [-0.15, -0.1) is 0 Å². The number of ether oxygens (including phenoxy) is 1. The molecule has 0 unspecified atom stereocenters. The van der Waals surface area contributed by atoms with Gasteiger partial charge in [-0.05, 0) is 6.92 Å². The zero-order valence-electron chi connectivity index (χ0n) is 9.08. The number of nitrogen functional groups attached to an aromatic ring is 1. The number of esters is 1. The highest BCUT2D eigenvalue weighted by Crippen LogP contribution is 2.08. The van der Waals surface area contributed by atoms with Crippen LogP contribution in [0.15, 0.2) is 23.0 Å². The molecule has 0 saturated heterocycles. The average Bonchev–Trinajstić information content (AvgIpc) is 2.73. The van der Waals surface area contributed by atoms with Gasteiger partial charge in [-0.1, -0.05) is 5.16 Å². The third-order valence-electron chi connectivity index (χ3n) is 1.94. The van der Waals surface area contributed by atoms with Crippen LogP contribution in [0.25, 0.3) is 0 Å². The van der Waals surface area contributed by atoms with E-state index >= 15 is 0 Å². The second kappa shape index (κ2) is 4.60. The van der Waals surface area contributed by atoms with Crippen molar-refractivity contribution in [3.63, 3.8) is 0 Å². The van der Waals surface area contributed by atoms with E-state index < -0.39 is 5.97 Å². The van der Waals surface area contributed by atoms with Crippen LogP contribution in [0.4, 0.5) is 5.82 Å². The molecule has 0 aliphatic rings. The van der Waals surface area contributed by atoms with Crippen molar-refractivity contribution in [1.29, 1.82) is 0 Å². The molecule has 0 spiro atoms. The van der Waals surface area contributed by atoms with Crippen molar-refractivity contribution in [2.45, 2.75) is 13.5 Å². The summed E-state index contributed by atoms with van der Waals surface area (Å²) in [5, 5.41) is 3.67. The predicted molar refractivity (Wildman–Crippen MR) is 56.8 cm³/mol. The molecule has 7 heteroatoms. The van der Waals surface area contributed by atoms with Crippen molar-refractivity contribution in [1.82, 2.24) is 15.1 Å². The molecule has 2 aromatic rings. The van der Waals surface area contributed by atoms with Crippen molar-refractivity contribution >= 4 is 11.8 Å². The van der Waals surface area contributed by atoms with Gasteiger partial charge in [0.05, 0.1) is 5.69 Å². The average molecular weight is 234 g/mol. The SMILES string of the molecule is Cc1cc(COC(=O)c2nccnc2N)on1. The molecule has 0 aliphatic heterocycles. The molecule has 88 valence electrons. The fourth-order valence-electron chi connectivity index (χ4n) is 1.20. The summed E-state index contributed by atoms with van der Waals surface area (Å²) >= 11 is 0. The van der Waals surface area contributed by atoms with E-state index in [9.17, 15) is 4.79 Å². The summed E-state index contributed by atoms with van der Waals surface area (Å²) in [6.07, 6.45) is 2.76.